The zero-order valence-corrected chi connectivity index (χ0v) is 10.7. The molecule has 0 saturated heterocycles. The summed E-state index contributed by atoms with van der Waals surface area (Å²) in [7, 11) is 0. The molecule has 0 radical (unpaired) electrons. The third-order valence-electron chi connectivity index (χ3n) is 2.09. The second kappa shape index (κ2) is 5.08. The monoisotopic (exact) mass is 289 g/mol. The van der Waals surface area contributed by atoms with Crippen molar-refractivity contribution >= 4 is 40.0 Å². The predicted molar refractivity (Wildman–Crippen MR) is 66.5 cm³/mol. The minimum atomic E-state index is -0.516. The first kappa shape index (κ1) is 12.4. The van der Waals surface area contributed by atoms with Crippen LogP contribution in [0.4, 0.5) is 0 Å². The summed E-state index contributed by atoms with van der Waals surface area (Å²) in [5, 5.41) is 4.22. The van der Waals surface area contributed by atoms with Gasteiger partial charge in [-0.15, -0.1) is 0 Å². The standard InChI is InChI=1S/C11H6Cl3NO2/c12-7-2-1-3-8(13)11(7)9-4-6(17-15-9)5-10(14)16/h1-4H,5H2. The first-order valence-corrected chi connectivity index (χ1v) is 5.79. The van der Waals surface area contributed by atoms with Crippen molar-refractivity contribution in [2.24, 2.45) is 0 Å². The van der Waals surface area contributed by atoms with E-state index in [4.69, 9.17) is 39.3 Å². The molecule has 6 heteroatoms. The molecule has 1 aromatic heterocycles. The Hall–Kier alpha value is -1.03. The number of hydrogen-bond acceptors (Lipinski definition) is 3. The van der Waals surface area contributed by atoms with Crippen molar-refractivity contribution in [2.75, 3.05) is 0 Å². The van der Waals surface area contributed by atoms with Gasteiger partial charge < -0.3 is 4.52 Å². The van der Waals surface area contributed by atoms with E-state index in [1.165, 1.54) is 0 Å². The molecule has 0 saturated carbocycles. The maximum atomic E-state index is 10.7. The van der Waals surface area contributed by atoms with Gasteiger partial charge in [0.05, 0.1) is 16.5 Å². The summed E-state index contributed by atoms with van der Waals surface area (Å²) in [4.78, 5) is 10.7. The summed E-state index contributed by atoms with van der Waals surface area (Å²) in [5.41, 5.74) is 1.06. The summed E-state index contributed by atoms with van der Waals surface area (Å²) >= 11 is 17.3. The minimum absolute atomic E-state index is 0.0172. The SMILES string of the molecule is O=C(Cl)Cc1cc(-c2c(Cl)cccc2Cl)no1. The van der Waals surface area contributed by atoms with Crippen molar-refractivity contribution < 1.29 is 9.32 Å². The number of benzene rings is 1. The summed E-state index contributed by atoms with van der Waals surface area (Å²) in [6.07, 6.45) is -0.0172. The second-order valence-corrected chi connectivity index (χ2v) is 4.54. The van der Waals surface area contributed by atoms with Crippen LogP contribution in [0.15, 0.2) is 28.8 Å². The molecule has 17 heavy (non-hydrogen) atoms. The fraction of sp³-hybridized carbons (Fsp3) is 0.0909. The van der Waals surface area contributed by atoms with Crippen LogP contribution in [-0.2, 0) is 11.2 Å². The summed E-state index contributed by atoms with van der Waals surface area (Å²) < 4.78 is 4.97. The highest BCUT2D eigenvalue weighted by Crippen LogP contribution is 2.34. The first-order valence-electron chi connectivity index (χ1n) is 4.66. The van der Waals surface area contributed by atoms with Gasteiger partial charge in [-0.05, 0) is 23.7 Å². The predicted octanol–water partition coefficient (Wildman–Crippen LogP) is 3.96. The lowest BCUT2D eigenvalue weighted by Gasteiger charge is -2.01. The Kier molecular flexibility index (Phi) is 3.72. The molecule has 1 heterocycles. The van der Waals surface area contributed by atoms with Gasteiger partial charge in [-0.1, -0.05) is 34.4 Å². The Bertz CT molecular complexity index is 545. The molecule has 0 N–H and O–H groups in total. The largest absolute Gasteiger partial charge is 0.360 e. The number of carbonyl (C=O) groups excluding carboxylic acids is 1. The highest BCUT2D eigenvalue weighted by atomic mass is 35.5. The van der Waals surface area contributed by atoms with Gasteiger partial charge in [0.25, 0.3) is 0 Å². The number of aromatic nitrogens is 1. The van der Waals surface area contributed by atoms with Gasteiger partial charge in [-0.25, -0.2) is 0 Å². The molecule has 0 atom stereocenters. The lowest BCUT2D eigenvalue weighted by atomic mass is 10.1. The zero-order valence-electron chi connectivity index (χ0n) is 8.41. The molecular weight excluding hydrogens is 284 g/mol. The highest BCUT2D eigenvalue weighted by Gasteiger charge is 2.14. The summed E-state index contributed by atoms with van der Waals surface area (Å²) in [6, 6.07) is 6.72. The summed E-state index contributed by atoms with van der Waals surface area (Å²) in [5.74, 6) is 0.371. The first-order chi connectivity index (χ1) is 8.08. The van der Waals surface area contributed by atoms with Gasteiger partial charge in [0.15, 0.2) is 0 Å². The molecule has 0 unspecified atom stereocenters. The third-order valence-corrected chi connectivity index (χ3v) is 2.85. The zero-order chi connectivity index (χ0) is 12.4. The van der Waals surface area contributed by atoms with Crippen LogP contribution in [-0.4, -0.2) is 10.4 Å². The van der Waals surface area contributed by atoms with E-state index in [0.717, 1.165) is 0 Å². The number of halogens is 3. The van der Waals surface area contributed by atoms with E-state index in [-0.39, 0.29) is 6.42 Å². The topological polar surface area (TPSA) is 43.1 Å². The molecule has 3 nitrogen and oxygen atoms in total. The summed E-state index contributed by atoms with van der Waals surface area (Å²) in [6.45, 7) is 0. The Labute approximate surface area is 112 Å². The third kappa shape index (κ3) is 2.80. The highest BCUT2D eigenvalue weighted by molar-refractivity contribution is 6.63. The van der Waals surface area contributed by atoms with Gasteiger partial charge in [0.2, 0.25) is 5.24 Å². The van der Waals surface area contributed by atoms with Crippen molar-refractivity contribution in [3.05, 3.63) is 40.1 Å². The Morgan fingerprint density at radius 1 is 1.29 bits per heavy atom. The van der Waals surface area contributed by atoms with Gasteiger partial charge in [-0.3, -0.25) is 4.79 Å². The molecule has 88 valence electrons. The number of hydrogen-bond donors (Lipinski definition) is 0. The van der Waals surface area contributed by atoms with Crippen molar-refractivity contribution in [1.82, 2.24) is 5.16 Å². The molecule has 0 spiro atoms. The molecule has 0 bridgehead atoms. The van der Waals surface area contributed by atoms with Crippen LogP contribution < -0.4 is 0 Å². The van der Waals surface area contributed by atoms with E-state index in [9.17, 15) is 4.79 Å². The van der Waals surface area contributed by atoms with Crippen LogP contribution >= 0.6 is 34.8 Å². The molecule has 0 amide bonds. The molecule has 0 aliphatic heterocycles. The number of rotatable bonds is 3. The molecule has 0 aliphatic carbocycles. The number of nitrogens with zero attached hydrogens (tertiary/aromatic N) is 1. The van der Waals surface area contributed by atoms with Crippen LogP contribution in [0.2, 0.25) is 10.0 Å². The maximum Gasteiger partial charge on any atom is 0.229 e. The van der Waals surface area contributed by atoms with E-state index in [0.29, 0.717) is 27.1 Å². The van der Waals surface area contributed by atoms with E-state index in [2.05, 4.69) is 5.16 Å². The van der Waals surface area contributed by atoms with Crippen molar-refractivity contribution in [2.45, 2.75) is 6.42 Å². The van der Waals surface area contributed by atoms with Crippen LogP contribution in [0.5, 0.6) is 0 Å². The maximum absolute atomic E-state index is 10.7. The molecule has 1 aromatic carbocycles. The van der Waals surface area contributed by atoms with E-state index in [1.54, 1.807) is 24.3 Å². The minimum Gasteiger partial charge on any atom is -0.360 e. The van der Waals surface area contributed by atoms with Gasteiger partial charge in [-0.2, -0.15) is 0 Å². The Balaban J connectivity index is 2.40. The molecule has 0 aliphatic rings. The normalized spacial score (nSPS) is 10.5. The molecule has 2 aromatic rings. The van der Waals surface area contributed by atoms with Crippen molar-refractivity contribution in [1.29, 1.82) is 0 Å². The molecule has 2 rings (SSSR count). The Morgan fingerprint density at radius 3 is 2.53 bits per heavy atom. The molecular formula is C11H6Cl3NO2. The van der Waals surface area contributed by atoms with Gasteiger partial charge >= 0.3 is 0 Å². The average Bonchev–Trinajstić information content (AvgIpc) is 2.65. The quantitative estimate of drug-likeness (QED) is 0.804. The molecule has 0 fully saturated rings. The fourth-order valence-corrected chi connectivity index (χ4v) is 2.12. The van der Waals surface area contributed by atoms with E-state index >= 15 is 0 Å². The lowest BCUT2D eigenvalue weighted by Crippen LogP contribution is -1.90. The smallest absolute Gasteiger partial charge is 0.229 e. The van der Waals surface area contributed by atoms with Gasteiger partial charge in [0.1, 0.15) is 11.5 Å². The van der Waals surface area contributed by atoms with Gasteiger partial charge in [0, 0.05) is 11.6 Å². The lowest BCUT2D eigenvalue weighted by molar-refractivity contribution is -0.111. The van der Waals surface area contributed by atoms with Crippen LogP contribution in [0.3, 0.4) is 0 Å². The van der Waals surface area contributed by atoms with Crippen LogP contribution in [0, 0.1) is 0 Å². The number of carbonyl (C=O) groups is 1. The second-order valence-electron chi connectivity index (χ2n) is 3.31. The van der Waals surface area contributed by atoms with Crippen LogP contribution in [0.1, 0.15) is 5.76 Å². The van der Waals surface area contributed by atoms with Crippen LogP contribution in [0.25, 0.3) is 11.3 Å². The van der Waals surface area contributed by atoms with Crippen molar-refractivity contribution in [3.63, 3.8) is 0 Å². The Morgan fingerprint density at radius 2 is 1.94 bits per heavy atom. The average molecular weight is 291 g/mol. The van der Waals surface area contributed by atoms with E-state index < -0.39 is 5.24 Å². The fourth-order valence-electron chi connectivity index (χ4n) is 1.39. The van der Waals surface area contributed by atoms with Crippen molar-refractivity contribution in [3.8, 4) is 11.3 Å². The van der Waals surface area contributed by atoms with E-state index in [1.807, 2.05) is 0 Å².